The fourth-order valence-electron chi connectivity index (χ4n) is 1.78. The highest BCUT2D eigenvalue weighted by Crippen LogP contribution is 2.20. The van der Waals surface area contributed by atoms with Crippen molar-refractivity contribution in [3.8, 4) is 0 Å². The van der Waals surface area contributed by atoms with Gasteiger partial charge >= 0.3 is 0 Å². The summed E-state index contributed by atoms with van der Waals surface area (Å²) in [5.74, 6) is -0.369. The van der Waals surface area contributed by atoms with Gasteiger partial charge < -0.3 is 5.32 Å². The van der Waals surface area contributed by atoms with Gasteiger partial charge in [-0.2, -0.15) is 0 Å². The topological polar surface area (TPSA) is 115 Å². The highest BCUT2D eigenvalue weighted by Gasteiger charge is 2.17. The number of aryl methyl sites for hydroxylation is 2. The van der Waals surface area contributed by atoms with Gasteiger partial charge in [-0.25, -0.2) is 13.6 Å². The Hall–Kier alpha value is -1.84. The van der Waals surface area contributed by atoms with E-state index in [2.05, 4.69) is 14.9 Å². The van der Waals surface area contributed by atoms with Gasteiger partial charge in [-0.1, -0.05) is 17.5 Å². The number of aromatic nitrogens is 2. The van der Waals surface area contributed by atoms with E-state index in [1.807, 2.05) is 6.92 Å². The molecule has 0 aliphatic heterocycles. The molecular weight excluding hydrogens is 312 g/mol. The van der Waals surface area contributed by atoms with Crippen molar-refractivity contribution in [3.05, 3.63) is 34.3 Å². The van der Waals surface area contributed by atoms with Crippen LogP contribution in [0.25, 0.3) is 0 Å². The van der Waals surface area contributed by atoms with Gasteiger partial charge in [0.2, 0.25) is 10.0 Å². The van der Waals surface area contributed by atoms with Gasteiger partial charge in [0.25, 0.3) is 5.91 Å². The van der Waals surface area contributed by atoms with Crippen LogP contribution in [0.5, 0.6) is 0 Å². The molecule has 0 spiro atoms. The lowest BCUT2D eigenvalue weighted by Gasteiger charge is -2.08. The van der Waals surface area contributed by atoms with Crippen LogP contribution in [0.4, 0.5) is 5.69 Å². The first kappa shape index (κ1) is 15.5. The largest absolute Gasteiger partial charge is 0.321 e. The maximum Gasteiger partial charge on any atom is 0.269 e. The molecule has 9 heteroatoms. The Balaban J connectivity index is 2.31. The van der Waals surface area contributed by atoms with Crippen molar-refractivity contribution in [2.75, 3.05) is 5.32 Å². The van der Waals surface area contributed by atoms with Crippen molar-refractivity contribution in [1.29, 1.82) is 0 Å². The average molecular weight is 326 g/mol. The van der Waals surface area contributed by atoms with Gasteiger partial charge in [0, 0.05) is 5.69 Å². The van der Waals surface area contributed by atoms with Crippen LogP contribution >= 0.6 is 11.5 Å². The normalized spacial score (nSPS) is 11.4. The molecule has 0 saturated heterocycles. The number of hydrogen-bond donors (Lipinski definition) is 2. The van der Waals surface area contributed by atoms with Gasteiger partial charge in [-0.3, -0.25) is 4.79 Å². The summed E-state index contributed by atoms with van der Waals surface area (Å²) in [5.41, 5.74) is 1.48. The lowest BCUT2D eigenvalue weighted by molar-refractivity contribution is 0.102. The average Bonchev–Trinajstić information content (AvgIpc) is 2.88. The van der Waals surface area contributed by atoms with Crippen LogP contribution in [-0.2, 0) is 16.4 Å². The Morgan fingerprint density at radius 2 is 2.14 bits per heavy atom. The van der Waals surface area contributed by atoms with Crippen molar-refractivity contribution >= 4 is 33.2 Å². The number of anilines is 1. The second-order valence-electron chi connectivity index (χ2n) is 4.38. The molecule has 1 aromatic heterocycles. The minimum atomic E-state index is -3.83. The fraction of sp³-hybridized carbons (Fsp3) is 0.250. The summed E-state index contributed by atoms with van der Waals surface area (Å²) in [6.07, 6.45) is 0.593. The molecule has 0 atom stereocenters. The molecule has 21 heavy (non-hydrogen) atoms. The third-order valence-corrected chi connectivity index (χ3v) is 4.67. The number of carbonyl (C=O) groups excluding carboxylic acids is 1. The zero-order valence-electron chi connectivity index (χ0n) is 11.5. The van der Waals surface area contributed by atoms with E-state index in [1.54, 1.807) is 19.1 Å². The van der Waals surface area contributed by atoms with Crippen LogP contribution in [0, 0.1) is 6.92 Å². The number of sulfonamides is 1. The Kier molecular flexibility index (Phi) is 4.35. The van der Waals surface area contributed by atoms with Gasteiger partial charge in [0.05, 0.1) is 10.6 Å². The molecule has 1 heterocycles. The van der Waals surface area contributed by atoms with E-state index in [0.717, 1.165) is 11.5 Å². The number of carbonyl (C=O) groups is 1. The Morgan fingerprint density at radius 1 is 1.43 bits per heavy atom. The monoisotopic (exact) mass is 326 g/mol. The molecule has 7 nitrogen and oxygen atoms in total. The van der Waals surface area contributed by atoms with E-state index in [9.17, 15) is 13.2 Å². The van der Waals surface area contributed by atoms with Crippen molar-refractivity contribution in [2.45, 2.75) is 25.2 Å². The van der Waals surface area contributed by atoms with Crippen LogP contribution < -0.4 is 10.5 Å². The first-order valence-electron chi connectivity index (χ1n) is 6.09. The second kappa shape index (κ2) is 5.88. The Bertz CT molecular complexity index is 784. The van der Waals surface area contributed by atoms with E-state index in [-0.39, 0.29) is 10.8 Å². The molecule has 2 rings (SSSR count). The number of rotatable bonds is 4. The molecule has 0 aliphatic rings. The van der Waals surface area contributed by atoms with Crippen LogP contribution in [0.1, 0.15) is 27.9 Å². The van der Waals surface area contributed by atoms with Gasteiger partial charge in [-0.05, 0) is 42.6 Å². The van der Waals surface area contributed by atoms with Crippen molar-refractivity contribution in [2.24, 2.45) is 5.14 Å². The molecule has 0 radical (unpaired) electrons. The SMILES string of the molecule is CCc1nnsc1C(=O)Nc1ccc(C)c(S(N)(=O)=O)c1. The van der Waals surface area contributed by atoms with E-state index in [4.69, 9.17) is 5.14 Å². The minimum absolute atomic E-state index is 0.0153. The van der Waals surface area contributed by atoms with Gasteiger partial charge in [-0.15, -0.1) is 5.10 Å². The highest BCUT2D eigenvalue weighted by atomic mass is 32.2. The molecule has 1 aromatic carbocycles. The van der Waals surface area contributed by atoms with Crippen molar-refractivity contribution in [3.63, 3.8) is 0 Å². The molecule has 1 amide bonds. The molecule has 0 saturated carbocycles. The smallest absolute Gasteiger partial charge is 0.269 e. The first-order valence-corrected chi connectivity index (χ1v) is 8.41. The van der Waals surface area contributed by atoms with Gasteiger partial charge in [0.15, 0.2) is 0 Å². The van der Waals surface area contributed by atoms with Crippen molar-refractivity contribution < 1.29 is 13.2 Å². The standard InChI is InChI=1S/C12H14N4O3S2/c1-3-9-11(20-16-15-9)12(17)14-8-5-4-7(2)10(6-8)21(13,18)19/h4-6H,3H2,1-2H3,(H,14,17)(H2,13,18,19). The van der Waals surface area contributed by atoms with Crippen molar-refractivity contribution in [1.82, 2.24) is 9.59 Å². The summed E-state index contributed by atoms with van der Waals surface area (Å²) in [4.78, 5) is 12.5. The maximum absolute atomic E-state index is 12.1. The summed E-state index contributed by atoms with van der Waals surface area (Å²) in [6.45, 7) is 3.51. The van der Waals surface area contributed by atoms with Crippen LogP contribution in [0.15, 0.2) is 23.1 Å². The summed E-state index contributed by atoms with van der Waals surface area (Å²) in [7, 11) is -3.83. The Morgan fingerprint density at radius 3 is 2.76 bits per heavy atom. The van der Waals surface area contributed by atoms with E-state index in [0.29, 0.717) is 28.2 Å². The number of nitrogens with zero attached hydrogens (tertiary/aromatic N) is 2. The second-order valence-corrected chi connectivity index (χ2v) is 6.67. The van der Waals surface area contributed by atoms with Crippen LogP contribution in [0.3, 0.4) is 0 Å². The van der Waals surface area contributed by atoms with E-state index < -0.39 is 10.0 Å². The minimum Gasteiger partial charge on any atom is -0.321 e. The summed E-state index contributed by atoms with van der Waals surface area (Å²) in [6, 6.07) is 4.53. The zero-order valence-corrected chi connectivity index (χ0v) is 13.1. The predicted molar refractivity (Wildman–Crippen MR) is 79.8 cm³/mol. The quantitative estimate of drug-likeness (QED) is 0.879. The fourth-order valence-corrected chi connectivity index (χ4v) is 3.24. The molecule has 0 unspecified atom stereocenters. The van der Waals surface area contributed by atoms with Gasteiger partial charge in [0.1, 0.15) is 4.88 Å². The predicted octanol–water partition coefficient (Wildman–Crippen LogP) is 1.31. The lowest BCUT2D eigenvalue weighted by Crippen LogP contribution is -2.16. The summed E-state index contributed by atoms with van der Waals surface area (Å²) >= 11 is 0.998. The third-order valence-electron chi connectivity index (χ3n) is 2.85. The summed E-state index contributed by atoms with van der Waals surface area (Å²) in [5, 5.41) is 11.6. The number of hydrogen-bond acceptors (Lipinski definition) is 6. The lowest BCUT2D eigenvalue weighted by atomic mass is 10.2. The first-order chi connectivity index (χ1) is 9.82. The van der Waals surface area contributed by atoms with E-state index >= 15 is 0 Å². The maximum atomic E-state index is 12.1. The Labute approximate surface area is 126 Å². The third kappa shape index (κ3) is 3.43. The number of nitrogens with two attached hydrogens (primary N) is 1. The van der Waals surface area contributed by atoms with E-state index in [1.165, 1.54) is 6.07 Å². The molecule has 0 aliphatic carbocycles. The molecule has 112 valence electrons. The van der Waals surface area contributed by atoms with Crippen LogP contribution in [0.2, 0.25) is 0 Å². The molecule has 0 fully saturated rings. The molecular formula is C12H14N4O3S2. The number of benzene rings is 1. The zero-order chi connectivity index (χ0) is 15.6. The summed E-state index contributed by atoms with van der Waals surface area (Å²) < 4.78 is 26.7. The number of nitrogens with one attached hydrogen (secondary N) is 1. The number of amides is 1. The van der Waals surface area contributed by atoms with Crippen LogP contribution in [-0.4, -0.2) is 23.9 Å². The number of primary sulfonamides is 1. The molecule has 0 bridgehead atoms. The molecule has 2 aromatic rings. The molecule has 3 N–H and O–H groups in total. The highest BCUT2D eigenvalue weighted by molar-refractivity contribution is 7.89.